The molecule has 0 heterocycles. The summed E-state index contributed by atoms with van der Waals surface area (Å²) < 4.78 is 6.97. The monoisotopic (exact) mass is 335 g/mol. The fourth-order valence-corrected chi connectivity index (χ4v) is 8.77. The topological polar surface area (TPSA) is 33.0 Å². The highest BCUT2D eigenvalue weighted by molar-refractivity contribution is 6.73. The Bertz CT molecular complexity index is 420. The van der Waals surface area contributed by atoms with Crippen molar-refractivity contribution in [3.63, 3.8) is 0 Å². The van der Waals surface area contributed by atoms with E-state index in [4.69, 9.17) is 9.69 Å². The van der Waals surface area contributed by atoms with Gasteiger partial charge in [0.1, 0.15) is 0 Å². The Balaban J connectivity index is 2.16. The van der Waals surface area contributed by atoms with Crippen LogP contribution in [0.1, 0.15) is 73.1 Å². The van der Waals surface area contributed by atoms with E-state index in [1.807, 2.05) is 0 Å². The summed E-state index contributed by atoms with van der Waals surface area (Å²) in [6.45, 7) is 11.8. The SMILES string of the molecule is CC[Si](CC)(CC)O[C@H]1CCC[C@]2(C)C([C@H](C)CC#N)CCC12. The third-order valence-electron chi connectivity index (χ3n) is 7.57. The number of rotatable bonds is 7. The van der Waals surface area contributed by atoms with Gasteiger partial charge in [-0.05, 0) is 67.0 Å². The van der Waals surface area contributed by atoms with Crippen molar-refractivity contribution in [1.29, 1.82) is 5.26 Å². The molecule has 0 aromatic heterocycles. The highest BCUT2D eigenvalue weighted by atomic mass is 28.4. The molecule has 2 unspecified atom stereocenters. The van der Waals surface area contributed by atoms with Crippen molar-refractivity contribution < 1.29 is 4.43 Å². The van der Waals surface area contributed by atoms with Crippen molar-refractivity contribution in [3.8, 4) is 6.07 Å². The van der Waals surface area contributed by atoms with Gasteiger partial charge in [-0.2, -0.15) is 5.26 Å². The minimum Gasteiger partial charge on any atom is -0.414 e. The molecule has 2 aliphatic rings. The summed E-state index contributed by atoms with van der Waals surface area (Å²) in [5.41, 5.74) is 0.411. The van der Waals surface area contributed by atoms with Gasteiger partial charge >= 0.3 is 0 Å². The number of fused-ring (bicyclic) bond motifs is 1. The molecular weight excluding hydrogens is 298 g/mol. The molecule has 0 aromatic carbocycles. The molecule has 0 aromatic rings. The maximum Gasteiger partial charge on any atom is 0.192 e. The summed E-state index contributed by atoms with van der Waals surface area (Å²) in [6.07, 6.45) is 7.78. The standard InChI is InChI=1S/C20H37NOSi/c1-6-23(7-2,8-3)22-19-10-9-14-20(5)17(11-12-18(19)20)16(4)13-15-21/h16-19H,6-14H2,1-5H3/t16-,17?,18?,19+,20-/m1/s1. The molecule has 0 aliphatic heterocycles. The average molecular weight is 336 g/mol. The molecule has 2 saturated carbocycles. The predicted octanol–water partition coefficient (Wildman–Crippen LogP) is 6.14. The minimum absolute atomic E-state index is 0.411. The lowest BCUT2D eigenvalue weighted by Gasteiger charge is -2.48. The first-order chi connectivity index (χ1) is 11.0. The molecule has 0 saturated heterocycles. The minimum atomic E-state index is -1.51. The molecular formula is C20H37NOSi. The van der Waals surface area contributed by atoms with Crippen molar-refractivity contribution in [2.24, 2.45) is 23.2 Å². The maximum absolute atomic E-state index is 9.11. The molecule has 3 heteroatoms. The highest BCUT2D eigenvalue weighted by Crippen LogP contribution is 2.59. The molecule has 0 radical (unpaired) electrons. The molecule has 2 aliphatic carbocycles. The number of hydrogen-bond acceptors (Lipinski definition) is 2. The van der Waals surface area contributed by atoms with E-state index in [1.54, 1.807) is 0 Å². The van der Waals surface area contributed by atoms with E-state index >= 15 is 0 Å². The summed E-state index contributed by atoms with van der Waals surface area (Å²) >= 11 is 0. The smallest absolute Gasteiger partial charge is 0.192 e. The van der Waals surface area contributed by atoms with Crippen LogP contribution < -0.4 is 0 Å². The van der Waals surface area contributed by atoms with Gasteiger partial charge in [-0.3, -0.25) is 0 Å². The van der Waals surface area contributed by atoms with Crippen LogP contribution in [0, 0.1) is 34.5 Å². The number of nitriles is 1. The van der Waals surface area contributed by atoms with Crippen molar-refractivity contribution in [1.82, 2.24) is 0 Å². The Labute approximate surface area is 145 Å². The Kier molecular flexibility index (Phi) is 6.36. The van der Waals surface area contributed by atoms with Gasteiger partial charge in [0.25, 0.3) is 0 Å². The number of nitrogens with zero attached hydrogens (tertiary/aromatic N) is 1. The van der Waals surface area contributed by atoms with Crippen LogP contribution in [0.15, 0.2) is 0 Å². The molecule has 0 spiro atoms. The van der Waals surface area contributed by atoms with Gasteiger partial charge in [-0.1, -0.05) is 41.0 Å². The van der Waals surface area contributed by atoms with E-state index in [-0.39, 0.29) is 0 Å². The second-order valence-corrected chi connectivity index (χ2v) is 13.2. The van der Waals surface area contributed by atoms with Crippen LogP contribution in [0.5, 0.6) is 0 Å². The third-order valence-corrected chi connectivity index (χ3v) is 12.2. The van der Waals surface area contributed by atoms with E-state index in [0.29, 0.717) is 17.4 Å². The molecule has 2 nitrogen and oxygen atoms in total. The Morgan fingerprint density at radius 2 is 1.83 bits per heavy atom. The summed E-state index contributed by atoms with van der Waals surface area (Å²) in [5.74, 6) is 2.00. The van der Waals surface area contributed by atoms with E-state index < -0.39 is 8.32 Å². The predicted molar refractivity (Wildman–Crippen MR) is 99.6 cm³/mol. The van der Waals surface area contributed by atoms with Gasteiger partial charge in [-0.15, -0.1) is 0 Å². The van der Waals surface area contributed by atoms with Gasteiger partial charge in [0, 0.05) is 12.5 Å². The van der Waals surface area contributed by atoms with E-state index in [0.717, 1.165) is 18.3 Å². The van der Waals surface area contributed by atoms with Crippen LogP contribution in [0.2, 0.25) is 18.1 Å². The Morgan fingerprint density at radius 1 is 1.17 bits per heavy atom. The third kappa shape index (κ3) is 3.54. The Morgan fingerprint density at radius 3 is 2.39 bits per heavy atom. The van der Waals surface area contributed by atoms with Crippen LogP contribution in [0.25, 0.3) is 0 Å². The fourth-order valence-electron chi connectivity index (χ4n) is 5.84. The molecule has 2 rings (SSSR count). The van der Waals surface area contributed by atoms with E-state index in [9.17, 15) is 0 Å². The van der Waals surface area contributed by atoms with Crippen LogP contribution in [-0.4, -0.2) is 14.4 Å². The molecule has 5 atom stereocenters. The van der Waals surface area contributed by atoms with Crippen LogP contribution in [0.3, 0.4) is 0 Å². The van der Waals surface area contributed by atoms with Gasteiger partial charge < -0.3 is 4.43 Å². The first kappa shape index (κ1) is 19.0. The first-order valence-electron chi connectivity index (χ1n) is 10.0. The molecule has 23 heavy (non-hydrogen) atoms. The van der Waals surface area contributed by atoms with Crippen molar-refractivity contribution >= 4 is 8.32 Å². The van der Waals surface area contributed by atoms with E-state index in [2.05, 4.69) is 40.7 Å². The van der Waals surface area contributed by atoms with Crippen LogP contribution in [-0.2, 0) is 4.43 Å². The second kappa shape index (κ2) is 7.70. The van der Waals surface area contributed by atoms with Crippen LogP contribution >= 0.6 is 0 Å². The van der Waals surface area contributed by atoms with Gasteiger partial charge in [0.05, 0.1) is 6.07 Å². The average Bonchev–Trinajstić information content (AvgIpc) is 2.91. The fraction of sp³-hybridized carbons (Fsp3) is 0.950. The molecule has 0 bridgehead atoms. The molecule has 0 amide bonds. The number of hydrogen-bond donors (Lipinski definition) is 0. The van der Waals surface area contributed by atoms with Gasteiger partial charge in [0.15, 0.2) is 8.32 Å². The Hall–Kier alpha value is -0.333. The zero-order valence-corrected chi connectivity index (χ0v) is 17.0. The zero-order valence-electron chi connectivity index (χ0n) is 16.0. The maximum atomic E-state index is 9.11. The van der Waals surface area contributed by atoms with Crippen LogP contribution in [0.4, 0.5) is 0 Å². The molecule has 0 N–H and O–H groups in total. The van der Waals surface area contributed by atoms with Gasteiger partial charge in [-0.25, -0.2) is 0 Å². The first-order valence-corrected chi connectivity index (χ1v) is 12.5. The van der Waals surface area contributed by atoms with Crippen molar-refractivity contribution in [3.05, 3.63) is 0 Å². The summed E-state index contributed by atoms with van der Waals surface area (Å²) in [7, 11) is -1.51. The molecule has 132 valence electrons. The quantitative estimate of drug-likeness (QED) is 0.523. The van der Waals surface area contributed by atoms with E-state index in [1.165, 1.54) is 50.2 Å². The highest BCUT2D eigenvalue weighted by Gasteiger charge is 2.53. The largest absolute Gasteiger partial charge is 0.414 e. The molecule has 2 fully saturated rings. The summed E-state index contributed by atoms with van der Waals surface area (Å²) in [6, 6.07) is 6.18. The summed E-state index contributed by atoms with van der Waals surface area (Å²) in [5, 5.41) is 9.11. The zero-order chi connectivity index (χ0) is 17.1. The van der Waals surface area contributed by atoms with Crippen molar-refractivity contribution in [2.45, 2.75) is 97.4 Å². The lowest BCUT2D eigenvalue weighted by molar-refractivity contribution is -0.0189. The summed E-state index contributed by atoms with van der Waals surface area (Å²) in [4.78, 5) is 0. The van der Waals surface area contributed by atoms with Gasteiger partial charge in [0.2, 0.25) is 0 Å². The normalized spacial score (nSPS) is 35.6. The lowest BCUT2D eigenvalue weighted by Crippen LogP contribution is -2.48. The second-order valence-electron chi connectivity index (χ2n) is 8.43. The lowest BCUT2D eigenvalue weighted by atomic mass is 9.61. The van der Waals surface area contributed by atoms with Crippen molar-refractivity contribution in [2.75, 3.05) is 0 Å².